The van der Waals surface area contributed by atoms with Gasteiger partial charge in [-0.2, -0.15) is 0 Å². The van der Waals surface area contributed by atoms with Crippen LogP contribution in [0.25, 0.3) is 10.9 Å². The molecule has 3 rings (SSSR count). The lowest BCUT2D eigenvalue weighted by Crippen LogP contribution is -2.04. The van der Waals surface area contributed by atoms with E-state index in [0.29, 0.717) is 18.5 Å². The van der Waals surface area contributed by atoms with Gasteiger partial charge in [0, 0.05) is 10.9 Å². The van der Waals surface area contributed by atoms with Crippen LogP contribution in [0.1, 0.15) is 16.7 Å². The molecule has 0 bridgehead atoms. The normalized spacial score (nSPS) is 10.8. The zero-order chi connectivity index (χ0) is 18.0. The van der Waals surface area contributed by atoms with E-state index in [1.165, 1.54) is 0 Å². The van der Waals surface area contributed by atoms with E-state index in [4.69, 9.17) is 4.74 Å². The third-order valence-electron chi connectivity index (χ3n) is 4.44. The molecular formula is C20H20N2O3. The summed E-state index contributed by atoms with van der Waals surface area (Å²) in [4.78, 5) is 11.3. The molecule has 0 amide bonds. The van der Waals surface area contributed by atoms with Crippen LogP contribution in [-0.2, 0) is 6.54 Å². The molecule has 0 saturated carbocycles. The number of nitroso groups, excluding NO2 is 1. The zero-order valence-corrected chi connectivity index (χ0v) is 14.3. The van der Waals surface area contributed by atoms with Crippen molar-refractivity contribution >= 4 is 16.6 Å². The topological polar surface area (TPSA) is 63.8 Å². The van der Waals surface area contributed by atoms with Crippen molar-refractivity contribution in [1.82, 2.24) is 4.57 Å². The average molecular weight is 336 g/mol. The van der Waals surface area contributed by atoms with E-state index in [0.717, 1.165) is 28.0 Å². The number of rotatable bonds is 6. The van der Waals surface area contributed by atoms with Crippen LogP contribution in [0.15, 0.2) is 54.2 Å². The molecule has 0 aliphatic heterocycles. The van der Waals surface area contributed by atoms with Gasteiger partial charge in [0.1, 0.15) is 12.4 Å². The van der Waals surface area contributed by atoms with Gasteiger partial charge in [-0.15, -0.1) is 4.91 Å². The lowest BCUT2D eigenvalue weighted by atomic mass is 10.1. The summed E-state index contributed by atoms with van der Waals surface area (Å²) in [6, 6.07) is 11.4. The predicted octanol–water partition coefficient (Wildman–Crippen LogP) is 4.97. The Morgan fingerprint density at radius 3 is 2.72 bits per heavy atom. The fourth-order valence-corrected chi connectivity index (χ4v) is 3.03. The van der Waals surface area contributed by atoms with E-state index in [2.05, 4.69) is 11.8 Å². The minimum Gasteiger partial charge on any atom is -0.493 e. The highest BCUT2D eigenvalue weighted by molar-refractivity contribution is 5.97. The monoisotopic (exact) mass is 336 g/mol. The minimum absolute atomic E-state index is 0.0718. The summed E-state index contributed by atoms with van der Waals surface area (Å²) in [5.74, 6) is 0.590. The molecule has 3 aromatic rings. The first kappa shape index (κ1) is 16.8. The Morgan fingerprint density at radius 2 is 2.00 bits per heavy atom. The number of nitrogens with zero attached hydrogens (tertiary/aromatic N) is 2. The second-order valence-electron chi connectivity index (χ2n) is 5.96. The Labute approximate surface area is 146 Å². The maximum Gasteiger partial charge on any atom is 0.222 e. The lowest BCUT2D eigenvalue weighted by Gasteiger charge is -2.14. The Hall–Kier alpha value is -3.08. The van der Waals surface area contributed by atoms with Gasteiger partial charge in [-0.25, -0.2) is 0 Å². The van der Waals surface area contributed by atoms with E-state index >= 15 is 0 Å². The van der Waals surface area contributed by atoms with Crippen molar-refractivity contribution in [1.29, 1.82) is 0 Å². The predicted molar refractivity (Wildman–Crippen MR) is 99.8 cm³/mol. The van der Waals surface area contributed by atoms with Gasteiger partial charge in [-0.1, -0.05) is 43.0 Å². The molecule has 0 radical (unpaired) electrons. The average Bonchev–Trinajstić information content (AvgIpc) is 2.89. The van der Waals surface area contributed by atoms with Gasteiger partial charge in [0.2, 0.25) is 5.88 Å². The molecule has 1 heterocycles. The smallest absolute Gasteiger partial charge is 0.222 e. The molecule has 1 aromatic heterocycles. The molecule has 5 nitrogen and oxygen atoms in total. The second kappa shape index (κ2) is 6.81. The van der Waals surface area contributed by atoms with E-state index in [-0.39, 0.29) is 11.6 Å². The van der Waals surface area contributed by atoms with Gasteiger partial charge >= 0.3 is 0 Å². The third kappa shape index (κ3) is 2.89. The fourth-order valence-electron chi connectivity index (χ4n) is 3.03. The van der Waals surface area contributed by atoms with Crippen molar-refractivity contribution in [2.24, 2.45) is 5.18 Å². The summed E-state index contributed by atoms with van der Waals surface area (Å²) in [7, 11) is 0. The molecule has 0 saturated heterocycles. The molecule has 128 valence electrons. The number of benzene rings is 2. The van der Waals surface area contributed by atoms with Crippen LogP contribution in [0.2, 0.25) is 0 Å². The van der Waals surface area contributed by atoms with Crippen LogP contribution in [0.4, 0.5) is 5.69 Å². The molecule has 2 aromatic carbocycles. The first-order chi connectivity index (χ1) is 12.1. The number of fused-ring (bicyclic) bond motifs is 1. The Kier molecular flexibility index (Phi) is 4.57. The third-order valence-corrected chi connectivity index (χ3v) is 4.44. The van der Waals surface area contributed by atoms with Gasteiger partial charge in [0.05, 0.1) is 12.1 Å². The lowest BCUT2D eigenvalue weighted by molar-refractivity contribution is 0.357. The van der Waals surface area contributed by atoms with Crippen molar-refractivity contribution in [3.8, 4) is 11.6 Å². The summed E-state index contributed by atoms with van der Waals surface area (Å²) in [5, 5.41) is 14.3. The Balaban J connectivity index is 2.17. The summed E-state index contributed by atoms with van der Waals surface area (Å²) in [6.45, 7) is 8.40. The number of aromatic hydroxyl groups is 1. The summed E-state index contributed by atoms with van der Waals surface area (Å²) in [6.07, 6.45) is 1.68. The number of aryl methyl sites for hydroxylation is 2. The maximum atomic E-state index is 11.3. The van der Waals surface area contributed by atoms with Gasteiger partial charge in [-0.3, -0.25) is 0 Å². The highest BCUT2D eigenvalue weighted by atomic mass is 16.5. The quantitative estimate of drug-likeness (QED) is 0.510. The van der Waals surface area contributed by atoms with E-state index in [1.807, 2.05) is 50.2 Å². The highest BCUT2D eigenvalue weighted by Crippen LogP contribution is 2.41. The largest absolute Gasteiger partial charge is 0.493 e. The zero-order valence-electron chi connectivity index (χ0n) is 14.3. The number of hydrogen-bond acceptors (Lipinski definition) is 4. The number of hydrogen-bond donors (Lipinski definition) is 1. The number of aromatic nitrogens is 1. The van der Waals surface area contributed by atoms with Gasteiger partial charge in [-0.05, 0) is 36.2 Å². The van der Waals surface area contributed by atoms with Crippen molar-refractivity contribution in [2.75, 3.05) is 6.61 Å². The Morgan fingerprint density at radius 1 is 1.24 bits per heavy atom. The van der Waals surface area contributed by atoms with Gasteiger partial charge in [0.15, 0.2) is 5.69 Å². The van der Waals surface area contributed by atoms with E-state index in [9.17, 15) is 10.0 Å². The van der Waals surface area contributed by atoms with E-state index < -0.39 is 0 Å². The summed E-state index contributed by atoms with van der Waals surface area (Å²) >= 11 is 0. The summed E-state index contributed by atoms with van der Waals surface area (Å²) in [5.41, 5.74) is 3.87. The van der Waals surface area contributed by atoms with Crippen LogP contribution >= 0.6 is 0 Å². The molecule has 0 fully saturated rings. The molecule has 1 N–H and O–H groups in total. The SMILES string of the molecule is C=CCOc1ccccc1Cn1c(O)c(N=O)c2ccc(C)c(C)c21. The van der Waals surface area contributed by atoms with Crippen LogP contribution in [0.5, 0.6) is 11.6 Å². The van der Waals surface area contributed by atoms with E-state index in [1.54, 1.807) is 10.6 Å². The van der Waals surface area contributed by atoms with Gasteiger partial charge in [0.25, 0.3) is 0 Å². The second-order valence-corrected chi connectivity index (χ2v) is 5.96. The van der Waals surface area contributed by atoms with Crippen molar-refractivity contribution < 1.29 is 9.84 Å². The summed E-state index contributed by atoms with van der Waals surface area (Å²) < 4.78 is 7.41. The molecular weight excluding hydrogens is 316 g/mol. The van der Waals surface area contributed by atoms with Crippen molar-refractivity contribution in [2.45, 2.75) is 20.4 Å². The fraction of sp³-hybridized carbons (Fsp3) is 0.200. The maximum absolute atomic E-state index is 11.3. The van der Waals surface area contributed by atoms with Crippen LogP contribution < -0.4 is 4.74 Å². The van der Waals surface area contributed by atoms with Crippen LogP contribution in [0.3, 0.4) is 0 Å². The van der Waals surface area contributed by atoms with Crippen LogP contribution in [-0.4, -0.2) is 16.3 Å². The molecule has 0 spiro atoms. The number of para-hydroxylation sites is 1. The first-order valence-corrected chi connectivity index (χ1v) is 8.04. The standard InChI is InChI=1S/C20H20N2O3/c1-4-11-25-17-8-6-5-7-15(17)12-22-19-14(3)13(2)9-10-16(19)18(21-24)20(22)23/h4-10,23H,1,11-12H2,2-3H3. The molecule has 0 aliphatic rings. The number of ether oxygens (including phenoxy) is 1. The van der Waals surface area contributed by atoms with Crippen LogP contribution in [0, 0.1) is 18.8 Å². The molecule has 0 aliphatic carbocycles. The highest BCUT2D eigenvalue weighted by Gasteiger charge is 2.20. The molecule has 25 heavy (non-hydrogen) atoms. The van der Waals surface area contributed by atoms with Gasteiger partial charge < -0.3 is 14.4 Å². The van der Waals surface area contributed by atoms with Crippen molar-refractivity contribution in [3.05, 3.63) is 70.7 Å². The minimum atomic E-state index is -0.128. The van der Waals surface area contributed by atoms with Crippen molar-refractivity contribution in [3.63, 3.8) is 0 Å². The molecule has 0 unspecified atom stereocenters. The Bertz CT molecular complexity index is 957. The molecule has 0 atom stereocenters. The molecule has 5 heteroatoms. The first-order valence-electron chi connectivity index (χ1n) is 8.04.